The molecule has 0 fully saturated rings. The van der Waals surface area contributed by atoms with E-state index in [1.54, 1.807) is 6.08 Å². The summed E-state index contributed by atoms with van der Waals surface area (Å²) in [6.45, 7) is 4.80. The number of nitrogens with zero attached hydrogens (tertiary/aromatic N) is 1. The Hall–Kier alpha value is -0.760. The van der Waals surface area contributed by atoms with Crippen molar-refractivity contribution in [2.45, 2.75) is 244 Å². The normalized spacial score (nSPS) is 14.3. The van der Waals surface area contributed by atoms with Crippen LogP contribution >= 0.6 is 7.82 Å². The fourth-order valence-corrected chi connectivity index (χ4v) is 7.90. The van der Waals surface area contributed by atoms with Gasteiger partial charge in [-0.15, -0.1) is 0 Å². The summed E-state index contributed by atoms with van der Waals surface area (Å²) in [4.78, 5) is 23.0. The second kappa shape index (κ2) is 39.7. The zero-order chi connectivity index (χ0) is 41.4. The van der Waals surface area contributed by atoms with Gasteiger partial charge in [0.1, 0.15) is 13.2 Å². The first-order chi connectivity index (χ1) is 27.0. The van der Waals surface area contributed by atoms with Gasteiger partial charge in [-0.25, -0.2) is 4.57 Å². The van der Waals surface area contributed by atoms with E-state index in [9.17, 15) is 19.4 Å². The van der Waals surface area contributed by atoms with Crippen LogP contribution in [0.1, 0.15) is 232 Å². The molecule has 3 N–H and O–H groups in total. The maximum absolute atomic E-state index is 12.8. The van der Waals surface area contributed by atoms with Gasteiger partial charge in [0.15, 0.2) is 0 Å². The van der Waals surface area contributed by atoms with Gasteiger partial charge in [0.25, 0.3) is 0 Å². The van der Waals surface area contributed by atoms with Crippen molar-refractivity contribution in [3.8, 4) is 0 Å². The van der Waals surface area contributed by atoms with Crippen LogP contribution < -0.4 is 5.32 Å². The second-order valence-electron chi connectivity index (χ2n) is 17.8. The molecule has 0 aliphatic carbocycles. The van der Waals surface area contributed by atoms with Crippen molar-refractivity contribution in [2.24, 2.45) is 0 Å². The number of carbonyl (C=O) groups is 1. The lowest BCUT2D eigenvalue weighted by atomic mass is 10.0. The Morgan fingerprint density at radius 2 is 0.946 bits per heavy atom. The predicted molar refractivity (Wildman–Crippen MR) is 240 cm³/mol. The first kappa shape index (κ1) is 55.2. The van der Waals surface area contributed by atoms with E-state index < -0.39 is 20.0 Å². The molecule has 56 heavy (non-hydrogen) atoms. The molecule has 0 rings (SSSR count). The van der Waals surface area contributed by atoms with Crippen molar-refractivity contribution >= 4 is 13.7 Å². The molecule has 9 heteroatoms. The molecule has 3 unspecified atom stereocenters. The van der Waals surface area contributed by atoms with Crippen LogP contribution in [0, 0.1) is 0 Å². The first-order valence-corrected chi connectivity index (χ1v) is 25.6. The van der Waals surface area contributed by atoms with Gasteiger partial charge in [-0.05, 0) is 19.3 Å². The number of hydrogen-bond acceptors (Lipinski definition) is 5. The van der Waals surface area contributed by atoms with E-state index in [-0.39, 0.29) is 19.1 Å². The van der Waals surface area contributed by atoms with Gasteiger partial charge in [0, 0.05) is 6.42 Å². The number of aliphatic hydroxyl groups is 1. The van der Waals surface area contributed by atoms with Crippen LogP contribution in [0.25, 0.3) is 0 Å². The minimum Gasteiger partial charge on any atom is -0.387 e. The number of unbranched alkanes of at least 4 members (excludes halogenated alkanes) is 31. The number of likely N-dealkylation sites (N-methyl/N-ethyl adjacent to an activating group) is 1. The lowest BCUT2D eigenvalue weighted by Crippen LogP contribution is -2.45. The number of quaternary nitrogens is 1. The highest BCUT2D eigenvalue weighted by molar-refractivity contribution is 7.47. The second-order valence-corrected chi connectivity index (χ2v) is 19.3. The Balaban J connectivity index is 4.11. The molecule has 0 saturated carbocycles. The monoisotopic (exact) mass is 816 g/mol. The summed E-state index contributed by atoms with van der Waals surface area (Å²) in [5, 5.41) is 13.8. The summed E-state index contributed by atoms with van der Waals surface area (Å²) >= 11 is 0. The van der Waals surface area contributed by atoms with Gasteiger partial charge < -0.3 is 19.8 Å². The molecule has 0 spiro atoms. The summed E-state index contributed by atoms with van der Waals surface area (Å²) in [5.74, 6) is -0.180. The molecule has 8 nitrogen and oxygen atoms in total. The molecule has 1 amide bonds. The minimum atomic E-state index is -4.33. The quantitative estimate of drug-likeness (QED) is 0.0245. The highest BCUT2D eigenvalue weighted by atomic mass is 31.2. The first-order valence-electron chi connectivity index (χ1n) is 24.1. The third-order valence-corrected chi connectivity index (χ3v) is 12.0. The van der Waals surface area contributed by atoms with E-state index in [1.165, 1.54) is 180 Å². The van der Waals surface area contributed by atoms with Crippen molar-refractivity contribution < 1.29 is 32.9 Å². The maximum Gasteiger partial charge on any atom is 0.472 e. The van der Waals surface area contributed by atoms with E-state index >= 15 is 0 Å². The number of rotatable bonds is 44. The summed E-state index contributed by atoms with van der Waals surface area (Å²) < 4.78 is 23.5. The third kappa shape index (κ3) is 41.4. The number of hydrogen-bond donors (Lipinski definition) is 3. The van der Waals surface area contributed by atoms with E-state index in [2.05, 4.69) is 19.2 Å². The van der Waals surface area contributed by atoms with Gasteiger partial charge in [0.2, 0.25) is 5.91 Å². The summed E-state index contributed by atoms with van der Waals surface area (Å²) in [5.41, 5.74) is 0. The summed E-state index contributed by atoms with van der Waals surface area (Å²) in [6.07, 6.45) is 46.0. The van der Waals surface area contributed by atoms with Gasteiger partial charge in [-0.2, -0.15) is 0 Å². The number of aliphatic hydroxyl groups excluding tert-OH is 1. The van der Waals surface area contributed by atoms with Crippen LogP contribution in [-0.4, -0.2) is 73.4 Å². The van der Waals surface area contributed by atoms with E-state index in [1.807, 2.05) is 27.2 Å². The topological polar surface area (TPSA) is 105 Å². The Kier molecular flexibility index (Phi) is 39.1. The largest absolute Gasteiger partial charge is 0.472 e. The molecule has 0 saturated heterocycles. The SMILES string of the molecule is CCCCCCCCCCCCCCCCCCCCCCCCCC/C=C/C(O)C(COP(=O)(O)OCC[N+](C)(C)C)NC(=O)CCCCCCCCCC. The zero-order valence-electron chi connectivity index (χ0n) is 37.9. The Labute approximate surface area is 348 Å². The highest BCUT2D eigenvalue weighted by Gasteiger charge is 2.27. The lowest BCUT2D eigenvalue weighted by Gasteiger charge is -2.25. The molecule has 3 atom stereocenters. The smallest absolute Gasteiger partial charge is 0.387 e. The Bertz CT molecular complexity index is 927. The number of allylic oxidation sites excluding steroid dienone is 1. The average Bonchev–Trinajstić information content (AvgIpc) is 3.15. The molecule has 0 heterocycles. The predicted octanol–water partition coefficient (Wildman–Crippen LogP) is 13.5. The lowest BCUT2D eigenvalue weighted by molar-refractivity contribution is -0.870. The molecule has 334 valence electrons. The fraction of sp³-hybridized carbons (Fsp3) is 0.936. The molecule has 0 aromatic carbocycles. The molecule has 0 aliphatic heterocycles. The zero-order valence-corrected chi connectivity index (χ0v) is 38.8. The van der Waals surface area contributed by atoms with Crippen molar-refractivity contribution in [3.05, 3.63) is 12.2 Å². The molecule has 0 aliphatic rings. The van der Waals surface area contributed by atoms with E-state index in [0.717, 1.165) is 32.1 Å². The van der Waals surface area contributed by atoms with E-state index in [0.29, 0.717) is 17.4 Å². The highest BCUT2D eigenvalue weighted by Crippen LogP contribution is 2.43. The Morgan fingerprint density at radius 1 is 0.589 bits per heavy atom. The van der Waals surface area contributed by atoms with E-state index in [4.69, 9.17) is 9.05 Å². The van der Waals surface area contributed by atoms with Crippen LogP contribution in [-0.2, 0) is 18.4 Å². The molecule has 0 radical (unpaired) electrons. The molecular weight excluding hydrogens is 719 g/mol. The maximum atomic E-state index is 12.8. The van der Waals surface area contributed by atoms with Crippen LogP contribution in [0.15, 0.2) is 12.2 Å². The number of phosphoric acid groups is 1. The summed E-state index contributed by atoms with van der Waals surface area (Å²) in [7, 11) is 1.58. The van der Waals surface area contributed by atoms with Gasteiger partial charge in [0.05, 0.1) is 39.9 Å². The molecule has 0 aromatic rings. The van der Waals surface area contributed by atoms with Crippen LogP contribution in [0.2, 0.25) is 0 Å². The number of phosphoric ester groups is 1. The molecule has 0 bridgehead atoms. The molecular formula is C47H96N2O6P+. The number of nitrogens with one attached hydrogen (secondary N) is 1. The summed E-state index contributed by atoms with van der Waals surface area (Å²) in [6, 6.07) is -0.838. The van der Waals surface area contributed by atoms with Crippen molar-refractivity contribution in [2.75, 3.05) is 40.9 Å². The average molecular weight is 816 g/mol. The fourth-order valence-electron chi connectivity index (χ4n) is 7.16. The van der Waals surface area contributed by atoms with Crippen molar-refractivity contribution in [3.63, 3.8) is 0 Å². The Morgan fingerprint density at radius 3 is 1.32 bits per heavy atom. The standard InChI is InChI=1S/C47H95N2O6P/c1-6-8-10-12-14-16-17-18-19-20-21-22-23-24-25-26-27-28-29-30-31-32-33-34-36-38-40-46(50)45(44-55-56(52,53)54-43-42-49(3,4)5)48-47(51)41-39-37-35-15-13-11-9-7-2/h38,40,45-46,50H,6-37,39,41-44H2,1-5H3,(H-,48,51,52,53)/p+1/b40-38+. The van der Waals surface area contributed by atoms with Gasteiger partial charge >= 0.3 is 7.82 Å². The minimum absolute atomic E-state index is 0.0643. The van der Waals surface area contributed by atoms with Crippen LogP contribution in [0.5, 0.6) is 0 Å². The van der Waals surface area contributed by atoms with Crippen molar-refractivity contribution in [1.29, 1.82) is 0 Å². The number of carbonyl (C=O) groups excluding carboxylic acids is 1. The third-order valence-electron chi connectivity index (χ3n) is 11.0. The van der Waals surface area contributed by atoms with Crippen molar-refractivity contribution in [1.82, 2.24) is 5.32 Å². The van der Waals surface area contributed by atoms with Crippen LogP contribution in [0.3, 0.4) is 0 Å². The van der Waals surface area contributed by atoms with Gasteiger partial charge in [-0.3, -0.25) is 13.8 Å². The van der Waals surface area contributed by atoms with Gasteiger partial charge in [-0.1, -0.05) is 219 Å². The molecule has 0 aromatic heterocycles. The number of amides is 1. The van der Waals surface area contributed by atoms with Crippen LogP contribution in [0.4, 0.5) is 0 Å².